The second kappa shape index (κ2) is 19.7. The summed E-state index contributed by atoms with van der Waals surface area (Å²) in [6.45, 7) is 7.98. The van der Waals surface area contributed by atoms with Gasteiger partial charge < -0.3 is 16.0 Å². The van der Waals surface area contributed by atoms with Crippen LogP contribution in [0.1, 0.15) is 60.7 Å². The molecule has 0 saturated heterocycles. The molecule has 5 nitrogen and oxygen atoms in total. The summed E-state index contributed by atoms with van der Waals surface area (Å²) in [5.41, 5.74) is 0. The molecule has 0 saturated carbocycles. The Balaban J connectivity index is -0.000000158. The Kier molecular flexibility index (Phi) is 26.6. The van der Waals surface area contributed by atoms with Gasteiger partial charge in [0.1, 0.15) is 0 Å². The van der Waals surface area contributed by atoms with Crippen LogP contribution in [-0.2, 0) is 13.8 Å². The summed E-state index contributed by atoms with van der Waals surface area (Å²) in [6.07, 6.45) is 6.48. The summed E-state index contributed by atoms with van der Waals surface area (Å²) < 4.78 is 19.4. The third-order valence-corrected chi connectivity index (χ3v) is 2.68. The van der Waals surface area contributed by atoms with E-state index >= 15 is 0 Å². The van der Waals surface area contributed by atoms with Gasteiger partial charge in [0, 0.05) is 13.2 Å². The molecule has 0 aromatic heterocycles. The molecule has 7 heteroatoms. The van der Waals surface area contributed by atoms with Gasteiger partial charge in [-0.3, -0.25) is 4.52 Å². The van der Waals surface area contributed by atoms with Gasteiger partial charge in [0.2, 0.25) is 0 Å². The van der Waals surface area contributed by atoms with E-state index in [4.69, 9.17) is 14.5 Å². The average Bonchev–Trinajstić information content (AvgIpc) is 2.28. The Hall–Kier alpha value is 1.71. The minimum atomic E-state index is -4.23. The van der Waals surface area contributed by atoms with Gasteiger partial charge in [-0.2, -0.15) is 0 Å². The number of phosphoric acid groups is 1. The number of ether oxygens (including phenoxy) is 1. The molecule has 0 spiro atoms. The van der Waals surface area contributed by atoms with E-state index in [1.54, 1.807) is 0 Å². The predicted octanol–water partition coefficient (Wildman–Crippen LogP) is 0.616. The van der Waals surface area contributed by atoms with Crippen molar-refractivity contribution < 1.29 is 76.4 Å². The van der Waals surface area contributed by atoms with Crippen molar-refractivity contribution in [2.24, 2.45) is 0 Å². The van der Waals surface area contributed by atoms with E-state index in [1.807, 2.05) is 13.8 Å². The molecule has 0 atom stereocenters. The van der Waals surface area contributed by atoms with E-state index in [9.17, 15) is 4.57 Å². The van der Waals surface area contributed by atoms with Gasteiger partial charge in [-0.25, -0.2) is 4.57 Å². The quantitative estimate of drug-likeness (QED) is 0.350. The topological polar surface area (TPSA) is 76.0 Å². The molecule has 0 rings (SSSR count). The van der Waals surface area contributed by atoms with Crippen molar-refractivity contribution in [2.75, 3.05) is 19.8 Å². The molecule has 0 heterocycles. The van der Waals surface area contributed by atoms with Crippen molar-refractivity contribution in [3.63, 3.8) is 0 Å². The standard InChI is InChI=1S/C8H19O4P.C4H10O.K.H/c1-2-3-4-5-6-7-8-12-13(9,10)11;1-3-5-4-2;;/h2-8H2,1H3,(H2,9,10,11);3-4H2,1-2H3;;/q;;+1;-1. The van der Waals surface area contributed by atoms with Crippen LogP contribution in [0.5, 0.6) is 0 Å². The van der Waals surface area contributed by atoms with Crippen molar-refractivity contribution in [2.45, 2.75) is 59.3 Å². The zero-order valence-electron chi connectivity index (χ0n) is 13.9. The fraction of sp³-hybridized carbons (Fsp3) is 1.00. The van der Waals surface area contributed by atoms with Crippen molar-refractivity contribution in [1.29, 1.82) is 0 Å². The predicted molar refractivity (Wildman–Crippen MR) is 74.7 cm³/mol. The van der Waals surface area contributed by atoms with Crippen LogP contribution in [0.2, 0.25) is 0 Å². The van der Waals surface area contributed by atoms with E-state index in [0.717, 1.165) is 32.5 Å². The van der Waals surface area contributed by atoms with Crippen molar-refractivity contribution in [3.8, 4) is 0 Å². The van der Waals surface area contributed by atoms with Gasteiger partial charge >= 0.3 is 59.2 Å². The summed E-state index contributed by atoms with van der Waals surface area (Å²) >= 11 is 0. The number of hydrogen-bond acceptors (Lipinski definition) is 3. The normalized spacial score (nSPS) is 10.4. The minimum absolute atomic E-state index is 0. The first-order valence-corrected chi connectivity index (χ1v) is 8.28. The van der Waals surface area contributed by atoms with Crippen LogP contribution in [0.3, 0.4) is 0 Å². The van der Waals surface area contributed by atoms with E-state index in [-0.39, 0.29) is 59.4 Å². The molecular weight excluding hydrogens is 294 g/mol. The van der Waals surface area contributed by atoms with Gasteiger partial charge in [-0.15, -0.1) is 0 Å². The van der Waals surface area contributed by atoms with Crippen LogP contribution in [0.15, 0.2) is 0 Å². The second-order valence-electron chi connectivity index (χ2n) is 3.87. The summed E-state index contributed by atoms with van der Waals surface area (Å²) in [4.78, 5) is 16.7. The first-order chi connectivity index (χ1) is 8.47. The van der Waals surface area contributed by atoms with Crippen LogP contribution in [-0.4, -0.2) is 29.6 Å². The molecule has 0 aromatic carbocycles. The van der Waals surface area contributed by atoms with Crippen molar-refractivity contribution in [1.82, 2.24) is 0 Å². The monoisotopic (exact) mass is 324 g/mol. The van der Waals surface area contributed by atoms with Crippen molar-refractivity contribution in [3.05, 3.63) is 0 Å². The van der Waals surface area contributed by atoms with E-state index in [1.165, 1.54) is 19.3 Å². The molecule has 0 aliphatic heterocycles. The average molecular weight is 324 g/mol. The maximum atomic E-state index is 10.2. The largest absolute Gasteiger partial charge is 1.00 e. The van der Waals surface area contributed by atoms with Crippen molar-refractivity contribution >= 4 is 7.82 Å². The Morgan fingerprint density at radius 3 is 1.79 bits per heavy atom. The molecule has 0 aliphatic rings. The molecule has 114 valence electrons. The SMILES string of the molecule is CCCCCCCCOP(=O)(O)O.CCOCC.[H-].[K+]. The van der Waals surface area contributed by atoms with Crippen LogP contribution in [0.4, 0.5) is 0 Å². The summed E-state index contributed by atoms with van der Waals surface area (Å²) in [5.74, 6) is 0. The van der Waals surface area contributed by atoms with E-state index in [2.05, 4.69) is 11.4 Å². The third kappa shape index (κ3) is 32.9. The Morgan fingerprint density at radius 1 is 0.947 bits per heavy atom. The van der Waals surface area contributed by atoms with Crippen LogP contribution in [0, 0.1) is 0 Å². The molecule has 0 bridgehead atoms. The molecule has 0 aliphatic carbocycles. The summed E-state index contributed by atoms with van der Waals surface area (Å²) in [5, 5.41) is 0. The van der Waals surface area contributed by atoms with E-state index < -0.39 is 7.82 Å². The number of rotatable bonds is 10. The third-order valence-electron chi connectivity index (χ3n) is 2.17. The van der Waals surface area contributed by atoms with Gasteiger partial charge in [0.05, 0.1) is 6.61 Å². The zero-order chi connectivity index (χ0) is 14.3. The molecule has 19 heavy (non-hydrogen) atoms. The minimum Gasteiger partial charge on any atom is -1.00 e. The molecule has 0 radical (unpaired) electrons. The Labute approximate surface area is 162 Å². The fourth-order valence-electron chi connectivity index (χ4n) is 1.27. The molecule has 0 fully saturated rings. The van der Waals surface area contributed by atoms with Crippen LogP contribution >= 0.6 is 7.82 Å². The first kappa shape index (κ1) is 25.6. The summed E-state index contributed by atoms with van der Waals surface area (Å²) in [6, 6.07) is 0. The fourth-order valence-corrected chi connectivity index (χ4v) is 1.64. The molecule has 0 unspecified atom stereocenters. The zero-order valence-corrected chi connectivity index (χ0v) is 16.9. The number of unbranched alkanes of at least 4 members (excludes halogenated alkanes) is 5. The number of hydrogen-bond donors (Lipinski definition) is 2. The molecule has 0 amide bonds. The molecule has 0 aromatic rings. The van der Waals surface area contributed by atoms with Gasteiger partial charge in [0.15, 0.2) is 0 Å². The maximum Gasteiger partial charge on any atom is 1.00 e. The van der Waals surface area contributed by atoms with Crippen LogP contribution in [0.25, 0.3) is 0 Å². The van der Waals surface area contributed by atoms with Crippen LogP contribution < -0.4 is 51.4 Å². The molecular formula is C12H30KO5P. The Morgan fingerprint density at radius 2 is 1.42 bits per heavy atom. The first-order valence-electron chi connectivity index (χ1n) is 6.75. The second-order valence-corrected chi connectivity index (χ2v) is 5.11. The number of phosphoric ester groups is 1. The van der Waals surface area contributed by atoms with Gasteiger partial charge in [-0.1, -0.05) is 39.0 Å². The smallest absolute Gasteiger partial charge is 1.00 e. The maximum absolute atomic E-state index is 10.2. The van der Waals surface area contributed by atoms with Gasteiger partial charge in [0.25, 0.3) is 0 Å². The Bertz CT molecular complexity index is 202. The van der Waals surface area contributed by atoms with Gasteiger partial charge in [-0.05, 0) is 20.3 Å². The molecule has 2 N–H and O–H groups in total. The summed E-state index contributed by atoms with van der Waals surface area (Å²) in [7, 11) is -4.23. The van der Waals surface area contributed by atoms with E-state index in [0.29, 0.717) is 0 Å².